The normalized spacial score (nSPS) is 11.2. The van der Waals surface area contributed by atoms with Gasteiger partial charge in [0.1, 0.15) is 0 Å². The minimum absolute atomic E-state index is 0.0493. The van der Waals surface area contributed by atoms with Gasteiger partial charge in [0.15, 0.2) is 11.6 Å². The molecule has 0 amide bonds. The molecule has 2 aromatic carbocycles. The minimum Gasteiger partial charge on any atom is -0.344 e. The number of aryl methyl sites for hydroxylation is 1. The average molecular weight is 334 g/mol. The lowest BCUT2D eigenvalue weighted by atomic mass is 10.0. The van der Waals surface area contributed by atoms with Gasteiger partial charge in [0.2, 0.25) is 0 Å². The van der Waals surface area contributed by atoms with Gasteiger partial charge in [0.05, 0.1) is 11.8 Å². The fourth-order valence-electron chi connectivity index (χ4n) is 2.72. The molecule has 0 N–H and O–H groups in total. The number of rotatable bonds is 4. The lowest BCUT2D eigenvalue weighted by Crippen LogP contribution is -2.00. The van der Waals surface area contributed by atoms with Crippen LogP contribution < -0.4 is 0 Å². The number of fused-ring (bicyclic) bond motifs is 3. The third-order valence-electron chi connectivity index (χ3n) is 3.89. The zero-order valence-corrected chi connectivity index (χ0v) is 13.4. The summed E-state index contributed by atoms with van der Waals surface area (Å²) in [6.07, 6.45) is 0. The van der Waals surface area contributed by atoms with E-state index in [0.29, 0.717) is 11.1 Å². The first kappa shape index (κ1) is 15.1. The monoisotopic (exact) mass is 333 g/mol. The van der Waals surface area contributed by atoms with Crippen LogP contribution in [0.4, 0.5) is 0 Å². The van der Waals surface area contributed by atoms with E-state index in [9.17, 15) is 9.59 Å². The van der Waals surface area contributed by atoms with Crippen LogP contribution in [0.2, 0.25) is 0 Å². The fourth-order valence-corrected chi connectivity index (χ4v) is 3.03. The molecule has 0 spiro atoms. The van der Waals surface area contributed by atoms with Gasteiger partial charge < -0.3 is 4.57 Å². The molecule has 0 unspecified atom stereocenters. The molecule has 0 aliphatic heterocycles. The average Bonchev–Trinajstić information content (AvgIpc) is 2.85. The van der Waals surface area contributed by atoms with Gasteiger partial charge in [-0.25, -0.2) is 0 Å². The van der Waals surface area contributed by atoms with E-state index in [-0.39, 0.29) is 23.3 Å². The van der Waals surface area contributed by atoms with Crippen LogP contribution in [-0.2, 0) is 7.05 Å². The second-order valence-corrected chi connectivity index (χ2v) is 5.67. The molecule has 1 aromatic heterocycles. The largest absolute Gasteiger partial charge is 0.344 e. The second-order valence-electron chi connectivity index (χ2n) is 5.14. The van der Waals surface area contributed by atoms with E-state index in [1.54, 1.807) is 12.1 Å². The van der Waals surface area contributed by atoms with Gasteiger partial charge in [-0.1, -0.05) is 0 Å². The molecule has 22 heavy (non-hydrogen) atoms. The number of carbonyl (C=O) groups is 2. The van der Waals surface area contributed by atoms with Crippen molar-refractivity contribution < 1.29 is 9.59 Å². The Balaban J connectivity index is 2.32. The topological polar surface area (TPSA) is 39.1 Å². The van der Waals surface area contributed by atoms with Crippen LogP contribution in [0.3, 0.4) is 0 Å². The summed E-state index contributed by atoms with van der Waals surface area (Å²) < 4.78 is 2.04. The van der Waals surface area contributed by atoms with Crippen molar-refractivity contribution in [1.29, 1.82) is 0 Å². The van der Waals surface area contributed by atoms with E-state index in [4.69, 9.17) is 23.2 Å². The number of hydrogen-bond acceptors (Lipinski definition) is 2. The molecule has 0 aliphatic rings. The van der Waals surface area contributed by atoms with Gasteiger partial charge in [0.25, 0.3) is 0 Å². The highest BCUT2D eigenvalue weighted by atomic mass is 35.5. The Hall–Kier alpha value is -1.84. The number of carbonyl (C=O) groups excluding carboxylic acids is 2. The van der Waals surface area contributed by atoms with Crippen molar-refractivity contribution in [2.24, 2.45) is 7.05 Å². The highest BCUT2D eigenvalue weighted by Crippen LogP contribution is 2.30. The van der Waals surface area contributed by atoms with Crippen LogP contribution in [0.15, 0.2) is 36.4 Å². The Kier molecular flexibility index (Phi) is 3.94. The lowest BCUT2D eigenvalue weighted by molar-refractivity contribution is 0.101. The van der Waals surface area contributed by atoms with E-state index in [1.807, 2.05) is 35.9 Å². The summed E-state index contributed by atoms with van der Waals surface area (Å²) >= 11 is 11.3. The highest BCUT2D eigenvalue weighted by molar-refractivity contribution is 6.31. The maximum absolute atomic E-state index is 11.8. The quantitative estimate of drug-likeness (QED) is 0.530. The maximum Gasteiger partial charge on any atom is 0.177 e. The first-order chi connectivity index (χ1) is 10.6. The molecule has 112 valence electrons. The van der Waals surface area contributed by atoms with Crippen LogP contribution in [-0.4, -0.2) is 27.9 Å². The van der Waals surface area contributed by atoms with E-state index >= 15 is 0 Å². The van der Waals surface area contributed by atoms with Crippen molar-refractivity contribution in [1.82, 2.24) is 4.57 Å². The molecule has 3 aromatic rings. The van der Waals surface area contributed by atoms with Crippen LogP contribution >= 0.6 is 23.2 Å². The Morgan fingerprint density at radius 2 is 1.27 bits per heavy atom. The van der Waals surface area contributed by atoms with Gasteiger partial charge in [-0.15, -0.1) is 23.2 Å². The third-order valence-corrected chi connectivity index (χ3v) is 4.38. The Bertz CT molecular complexity index is 839. The SMILES string of the molecule is Cn1c2ccc(C(=O)CCl)cc2c2cc(C(=O)CCl)ccc21. The first-order valence-electron chi connectivity index (χ1n) is 6.77. The number of aromatic nitrogens is 1. The highest BCUT2D eigenvalue weighted by Gasteiger charge is 2.13. The van der Waals surface area contributed by atoms with Crippen molar-refractivity contribution >= 4 is 56.6 Å². The first-order valence-corrected chi connectivity index (χ1v) is 7.84. The molecule has 0 fully saturated rings. The summed E-state index contributed by atoms with van der Waals surface area (Å²) in [5, 5.41) is 1.86. The van der Waals surface area contributed by atoms with Gasteiger partial charge in [0, 0.05) is 40.0 Å². The molecule has 3 nitrogen and oxygen atoms in total. The lowest BCUT2D eigenvalue weighted by Gasteiger charge is -1.99. The molecule has 1 heterocycles. The summed E-state index contributed by atoms with van der Waals surface area (Å²) in [5.41, 5.74) is 3.14. The molecular formula is C17H13Cl2NO2. The molecule has 0 bridgehead atoms. The molecule has 5 heteroatoms. The minimum atomic E-state index is -0.117. The van der Waals surface area contributed by atoms with Crippen molar-refractivity contribution in [3.8, 4) is 0 Å². The number of alkyl halides is 2. The zero-order chi connectivity index (χ0) is 15.9. The van der Waals surface area contributed by atoms with Crippen LogP contribution in [0.25, 0.3) is 21.8 Å². The molecule has 0 aliphatic carbocycles. The van der Waals surface area contributed by atoms with E-state index in [1.165, 1.54) is 0 Å². The van der Waals surface area contributed by atoms with E-state index in [0.717, 1.165) is 21.8 Å². The standard InChI is InChI=1S/C17H13Cl2NO2/c1-20-14-4-2-10(16(21)8-18)6-12(14)13-7-11(17(22)9-19)3-5-15(13)20/h2-7H,8-9H2,1H3. The van der Waals surface area contributed by atoms with Gasteiger partial charge in [-0.2, -0.15) is 0 Å². The molecule has 0 saturated heterocycles. The number of hydrogen-bond donors (Lipinski definition) is 0. The molecule has 0 atom stereocenters. The maximum atomic E-state index is 11.8. The van der Waals surface area contributed by atoms with Crippen molar-refractivity contribution in [3.05, 3.63) is 47.5 Å². The Morgan fingerprint density at radius 3 is 1.64 bits per heavy atom. The molecule has 0 saturated carbocycles. The predicted octanol–water partition coefficient (Wildman–Crippen LogP) is 4.17. The van der Waals surface area contributed by atoms with E-state index in [2.05, 4.69) is 0 Å². The summed E-state index contributed by atoms with van der Waals surface area (Å²) in [7, 11) is 1.96. The molecule has 0 radical (unpaired) electrons. The molecule has 3 rings (SSSR count). The second kappa shape index (κ2) is 5.75. The summed E-state index contributed by atoms with van der Waals surface area (Å²) in [5.74, 6) is -0.333. The number of benzene rings is 2. The van der Waals surface area contributed by atoms with Crippen molar-refractivity contribution in [2.75, 3.05) is 11.8 Å². The third kappa shape index (κ3) is 2.31. The Morgan fingerprint density at radius 1 is 0.864 bits per heavy atom. The summed E-state index contributed by atoms with van der Waals surface area (Å²) in [6, 6.07) is 11.0. The Labute approximate surface area is 137 Å². The number of Topliss-reactive ketones (excluding diaryl/α,β-unsaturated/α-hetero) is 2. The number of nitrogens with zero attached hydrogens (tertiary/aromatic N) is 1. The summed E-state index contributed by atoms with van der Waals surface area (Å²) in [6.45, 7) is 0. The van der Waals surface area contributed by atoms with Crippen LogP contribution in [0.1, 0.15) is 20.7 Å². The zero-order valence-electron chi connectivity index (χ0n) is 11.9. The van der Waals surface area contributed by atoms with Gasteiger partial charge >= 0.3 is 0 Å². The molecular weight excluding hydrogens is 321 g/mol. The number of halogens is 2. The summed E-state index contributed by atoms with van der Waals surface area (Å²) in [4.78, 5) is 23.6. The van der Waals surface area contributed by atoms with Crippen molar-refractivity contribution in [3.63, 3.8) is 0 Å². The van der Waals surface area contributed by atoms with Crippen LogP contribution in [0, 0.1) is 0 Å². The number of ketones is 2. The van der Waals surface area contributed by atoms with Crippen LogP contribution in [0.5, 0.6) is 0 Å². The van der Waals surface area contributed by atoms with Crippen molar-refractivity contribution in [2.45, 2.75) is 0 Å². The fraction of sp³-hybridized carbons (Fsp3) is 0.176. The van der Waals surface area contributed by atoms with Gasteiger partial charge in [-0.05, 0) is 36.4 Å². The van der Waals surface area contributed by atoms with E-state index < -0.39 is 0 Å². The smallest absolute Gasteiger partial charge is 0.177 e. The van der Waals surface area contributed by atoms with Gasteiger partial charge in [-0.3, -0.25) is 9.59 Å². The predicted molar refractivity (Wildman–Crippen MR) is 90.5 cm³/mol.